The fourth-order valence-electron chi connectivity index (χ4n) is 3.01. The quantitative estimate of drug-likeness (QED) is 0.445. The summed E-state index contributed by atoms with van der Waals surface area (Å²) in [5.41, 5.74) is 0. The molecule has 0 amide bonds. The molecule has 0 aromatic carbocycles. The van der Waals surface area contributed by atoms with E-state index in [4.69, 9.17) is 4.74 Å². The van der Waals surface area contributed by atoms with Crippen molar-refractivity contribution >= 4 is 24.7 Å². The molecule has 1 rings (SSSR count). The molecule has 1 aromatic rings. The van der Waals surface area contributed by atoms with Crippen molar-refractivity contribution in [1.82, 2.24) is 4.98 Å². The van der Waals surface area contributed by atoms with E-state index in [0.29, 0.717) is 3.43 Å². The predicted octanol–water partition coefficient (Wildman–Crippen LogP) is 5.15. The number of hydrogen-bond acceptors (Lipinski definition) is 2. The van der Waals surface area contributed by atoms with Crippen molar-refractivity contribution in [3.05, 3.63) is 18.3 Å². The molecule has 1 heterocycles. The predicted molar refractivity (Wildman–Crippen MR) is 97.4 cm³/mol. The molecule has 0 saturated carbocycles. The van der Waals surface area contributed by atoms with Gasteiger partial charge in [-0.25, -0.2) is 0 Å². The van der Waals surface area contributed by atoms with Gasteiger partial charge >= 0.3 is 148 Å². The summed E-state index contributed by atoms with van der Waals surface area (Å²) in [7, 11) is 1.72. The van der Waals surface area contributed by atoms with Crippen LogP contribution in [0.25, 0.3) is 0 Å². The maximum atomic E-state index is 5.33. The van der Waals surface area contributed by atoms with Crippen molar-refractivity contribution in [2.45, 2.75) is 82.0 Å². The second kappa shape index (κ2) is 11.3. The van der Waals surface area contributed by atoms with Crippen molar-refractivity contribution in [2.75, 3.05) is 7.11 Å². The van der Waals surface area contributed by atoms with E-state index in [1.165, 1.54) is 57.8 Å². The van der Waals surface area contributed by atoms with E-state index in [9.17, 15) is 0 Å². The molecule has 0 N–H and O–H groups in total. The van der Waals surface area contributed by atoms with Gasteiger partial charge in [-0.05, 0) is 0 Å². The van der Waals surface area contributed by atoms with Crippen LogP contribution in [0.4, 0.5) is 0 Å². The summed E-state index contributed by atoms with van der Waals surface area (Å²) in [6.45, 7) is 6.97. The van der Waals surface area contributed by atoms with Gasteiger partial charge in [0.2, 0.25) is 0 Å². The van der Waals surface area contributed by atoms with Crippen LogP contribution in [0.1, 0.15) is 78.6 Å². The Morgan fingerprint density at radius 3 is 2.00 bits per heavy atom. The summed E-state index contributed by atoms with van der Waals surface area (Å²) in [5, 5.41) is 0. The molecule has 124 valence electrons. The summed E-state index contributed by atoms with van der Waals surface area (Å²) in [4.78, 5) is 4.28. The fraction of sp³-hybridized carbons (Fsp3) is 0.737. The van der Waals surface area contributed by atoms with Gasteiger partial charge in [-0.3, -0.25) is 0 Å². The first kappa shape index (κ1) is 19.8. The fourth-order valence-corrected chi connectivity index (χ4v) is 8.35. The molecule has 0 aliphatic heterocycles. The van der Waals surface area contributed by atoms with Crippen LogP contribution in [0.2, 0.25) is 3.43 Å². The van der Waals surface area contributed by atoms with Gasteiger partial charge in [-0.1, -0.05) is 0 Å². The average Bonchev–Trinajstić information content (AvgIpc) is 2.56. The van der Waals surface area contributed by atoms with Gasteiger partial charge in [0.25, 0.3) is 0 Å². The molecule has 0 aliphatic rings. The van der Waals surface area contributed by atoms with Gasteiger partial charge in [0.15, 0.2) is 0 Å². The van der Waals surface area contributed by atoms with Gasteiger partial charge in [0.05, 0.1) is 0 Å². The Labute approximate surface area is 147 Å². The first-order valence-corrected chi connectivity index (χ1v) is 11.8. The van der Waals surface area contributed by atoms with Crippen LogP contribution in [0.15, 0.2) is 18.3 Å². The zero-order valence-corrected chi connectivity index (χ0v) is 17.8. The van der Waals surface area contributed by atoms with Gasteiger partial charge in [-0.2, -0.15) is 0 Å². The van der Waals surface area contributed by atoms with E-state index in [0.717, 1.165) is 5.88 Å². The number of rotatable bonds is 12. The molecule has 2 radical (unpaired) electrons. The second-order valence-electron chi connectivity index (χ2n) is 6.30. The van der Waals surface area contributed by atoms with Crippen molar-refractivity contribution in [1.29, 1.82) is 0 Å². The Morgan fingerprint density at radius 2 is 1.55 bits per heavy atom. The molecule has 0 saturated heterocycles. The van der Waals surface area contributed by atoms with Gasteiger partial charge in [0, 0.05) is 0 Å². The molecule has 0 bridgehead atoms. The third kappa shape index (κ3) is 6.89. The van der Waals surface area contributed by atoms with Gasteiger partial charge in [0.1, 0.15) is 0 Å². The minimum atomic E-state index is -0.649. The molecule has 1 aromatic heterocycles. The standard InChI is InChI=1S/C13H27.C6H6NO.Sn/c1-4-7-10-13(11-8-5-2)12-9-6-3;1-8-6-4-2-3-5-7-6;/h4-12H2,1-3H3;3-5H,1H3;. The first-order valence-electron chi connectivity index (χ1n) is 8.98. The molecule has 3 heteroatoms. The van der Waals surface area contributed by atoms with Gasteiger partial charge < -0.3 is 0 Å². The molecule has 0 fully saturated rings. The second-order valence-corrected chi connectivity index (χ2v) is 11.7. The number of pyridine rings is 1. The Bertz CT molecular complexity index is 386. The molecule has 22 heavy (non-hydrogen) atoms. The zero-order valence-electron chi connectivity index (χ0n) is 15.0. The summed E-state index contributed by atoms with van der Waals surface area (Å²) in [6.07, 6.45) is 14.3. The molecule has 0 atom stereocenters. The van der Waals surface area contributed by atoms with Crippen molar-refractivity contribution in [3.63, 3.8) is 0 Å². The van der Waals surface area contributed by atoms with E-state index in [1.54, 1.807) is 10.7 Å². The third-order valence-electron chi connectivity index (χ3n) is 4.38. The van der Waals surface area contributed by atoms with Crippen LogP contribution in [-0.4, -0.2) is 33.2 Å². The van der Waals surface area contributed by atoms with Crippen LogP contribution >= 0.6 is 0 Å². The van der Waals surface area contributed by atoms with E-state index < -0.39 is 21.1 Å². The summed E-state index contributed by atoms with van der Waals surface area (Å²) in [6, 6.07) is 4.44. The number of aromatic nitrogens is 1. The van der Waals surface area contributed by atoms with Crippen LogP contribution < -0.4 is 8.32 Å². The number of methoxy groups -OCH3 is 1. The van der Waals surface area contributed by atoms with Crippen molar-refractivity contribution in [2.24, 2.45) is 0 Å². The topological polar surface area (TPSA) is 22.1 Å². The molecule has 0 aliphatic carbocycles. The number of unbranched alkanes of at least 4 members (excludes halogenated alkanes) is 3. The van der Waals surface area contributed by atoms with E-state index >= 15 is 0 Å². The van der Waals surface area contributed by atoms with Gasteiger partial charge in [-0.15, -0.1) is 0 Å². The Kier molecular flexibility index (Phi) is 10.2. The summed E-state index contributed by atoms with van der Waals surface area (Å²) < 4.78 is 7.52. The van der Waals surface area contributed by atoms with Crippen LogP contribution in [0, 0.1) is 0 Å². The van der Waals surface area contributed by atoms with E-state index in [1.807, 2.05) is 6.20 Å². The molecule has 0 unspecified atom stereocenters. The minimum absolute atomic E-state index is 0.637. The molecular weight excluding hydrogens is 377 g/mol. The first-order chi connectivity index (χ1) is 10.7. The van der Waals surface area contributed by atoms with Crippen LogP contribution in [0.3, 0.4) is 0 Å². The van der Waals surface area contributed by atoms with E-state index in [-0.39, 0.29) is 0 Å². The zero-order chi connectivity index (χ0) is 16.3. The monoisotopic (exact) mass is 411 g/mol. The van der Waals surface area contributed by atoms with Crippen molar-refractivity contribution in [3.8, 4) is 5.88 Å². The Hall–Kier alpha value is -0.251. The van der Waals surface area contributed by atoms with Crippen LogP contribution in [-0.2, 0) is 0 Å². The van der Waals surface area contributed by atoms with Crippen LogP contribution in [0.5, 0.6) is 5.88 Å². The SMILES string of the molecule is CCCC[C](CCCC)(CCCC)[Sn][c]1ccnc(OC)c1. The number of nitrogens with zero attached hydrogens (tertiary/aromatic N) is 1. The van der Waals surface area contributed by atoms with Crippen molar-refractivity contribution < 1.29 is 4.74 Å². The molecule has 2 nitrogen and oxygen atoms in total. The Morgan fingerprint density at radius 1 is 1.00 bits per heavy atom. The average molecular weight is 410 g/mol. The van der Waals surface area contributed by atoms with E-state index in [2.05, 4.69) is 37.9 Å². The maximum absolute atomic E-state index is 5.33. The Balaban J connectivity index is 2.92. The summed E-state index contributed by atoms with van der Waals surface area (Å²) in [5.74, 6) is 0.786. The third-order valence-corrected chi connectivity index (χ3v) is 9.75. The number of hydrogen-bond donors (Lipinski definition) is 0. The molecule has 0 spiro atoms. The molecular formula is C19H33NOSn. The summed E-state index contributed by atoms with van der Waals surface area (Å²) >= 11 is -0.649. The number of ether oxygens (including phenoxy) is 1. The normalized spacial score (nSPS) is 11.6.